The van der Waals surface area contributed by atoms with Crippen molar-refractivity contribution in [3.8, 4) is 0 Å². The molecule has 1 aliphatic rings. The zero-order chi connectivity index (χ0) is 14.9. The van der Waals surface area contributed by atoms with Crippen LogP contribution in [-0.2, 0) is 4.74 Å². The van der Waals surface area contributed by atoms with E-state index in [0.717, 1.165) is 30.5 Å². The highest BCUT2D eigenvalue weighted by molar-refractivity contribution is 5.96. The van der Waals surface area contributed by atoms with Crippen LogP contribution in [-0.4, -0.2) is 28.7 Å². The number of rotatable bonds is 4. The van der Waals surface area contributed by atoms with Crippen molar-refractivity contribution in [1.29, 1.82) is 0 Å². The number of hydrogen-bond donors (Lipinski definition) is 1. The lowest BCUT2D eigenvalue weighted by Gasteiger charge is -2.24. The zero-order valence-corrected chi connectivity index (χ0v) is 11.8. The Kier molecular flexibility index (Phi) is 3.47. The number of aromatic nitrogens is 1. The van der Waals surface area contributed by atoms with Gasteiger partial charge in [0.2, 0.25) is 0 Å². The number of para-hydroxylation sites is 1. The predicted octanol–water partition coefficient (Wildman–Crippen LogP) is 3.12. The van der Waals surface area contributed by atoms with E-state index in [1.165, 1.54) is 6.07 Å². The highest BCUT2D eigenvalue weighted by Gasteiger charge is 2.29. The molecule has 1 saturated heterocycles. The number of hydrogen-bond acceptors (Lipinski definition) is 5. The van der Waals surface area contributed by atoms with E-state index in [1.54, 1.807) is 12.3 Å². The van der Waals surface area contributed by atoms with Crippen LogP contribution in [0.5, 0.6) is 0 Å². The highest BCUT2D eigenvalue weighted by Crippen LogP contribution is 2.30. The number of ether oxygens (including phenoxy) is 1. The molecule has 0 bridgehead atoms. The van der Waals surface area contributed by atoms with Gasteiger partial charge in [-0.3, -0.25) is 10.1 Å². The van der Waals surface area contributed by atoms with Gasteiger partial charge < -0.3 is 10.1 Å². The van der Waals surface area contributed by atoms with Crippen LogP contribution in [0.3, 0.4) is 0 Å². The SMILES string of the molecule is CC1(CNc2ccnc3c([N+](=O)[O-])cccc23)CCCO1. The second-order valence-corrected chi connectivity index (χ2v) is 5.54. The molecule has 2 aromatic rings. The van der Waals surface area contributed by atoms with Crippen molar-refractivity contribution in [3.05, 3.63) is 40.6 Å². The van der Waals surface area contributed by atoms with E-state index >= 15 is 0 Å². The molecule has 6 heteroatoms. The first-order valence-electron chi connectivity index (χ1n) is 6.99. The summed E-state index contributed by atoms with van der Waals surface area (Å²) < 4.78 is 5.75. The number of nitro benzene ring substituents is 1. The predicted molar refractivity (Wildman–Crippen MR) is 80.5 cm³/mol. The molecule has 0 radical (unpaired) electrons. The van der Waals surface area contributed by atoms with Crippen LogP contribution in [0.4, 0.5) is 11.4 Å². The molecule has 1 atom stereocenters. The van der Waals surface area contributed by atoms with Gasteiger partial charge in [-0.1, -0.05) is 12.1 Å². The number of non-ortho nitro benzene ring substituents is 1. The van der Waals surface area contributed by atoms with Gasteiger partial charge in [0, 0.05) is 36.5 Å². The average Bonchev–Trinajstić information content (AvgIpc) is 2.91. The van der Waals surface area contributed by atoms with Crippen molar-refractivity contribution in [3.63, 3.8) is 0 Å². The number of fused-ring (bicyclic) bond motifs is 1. The van der Waals surface area contributed by atoms with Crippen LogP contribution >= 0.6 is 0 Å². The fourth-order valence-electron chi connectivity index (χ4n) is 2.72. The molecule has 110 valence electrons. The first-order chi connectivity index (χ1) is 10.1. The number of nitrogens with one attached hydrogen (secondary N) is 1. The fraction of sp³-hybridized carbons (Fsp3) is 0.400. The van der Waals surface area contributed by atoms with E-state index < -0.39 is 4.92 Å². The molecule has 6 nitrogen and oxygen atoms in total. The summed E-state index contributed by atoms with van der Waals surface area (Å²) in [6.07, 6.45) is 3.68. The lowest BCUT2D eigenvalue weighted by molar-refractivity contribution is -0.383. The van der Waals surface area contributed by atoms with Gasteiger partial charge in [0.05, 0.1) is 10.5 Å². The van der Waals surface area contributed by atoms with Crippen molar-refractivity contribution in [2.24, 2.45) is 0 Å². The lowest BCUT2D eigenvalue weighted by atomic mass is 10.0. The van der Waals surface area contributed by atoms with Gasteiger partial charge in [-0.05, 0) is 25.8 Å². The molecule has 1 fully saturated rings. The summed E-state index contributed by atoms with van der Waals surface area (Å²) in [5.41, 5.74) is 1.11. The summed E-state index contributed by atoms with van der Waals surface area (Å²) in [6, 6.07) is 6.83. The summed E-state index contributed by atoms with van der Waals surface area (Å²) in [4.78, 5) is 14.8. The van der Waals surface area contributed by atoms with E-state index in [1.807, 2.05) is 12.1 Å². The average molecular weight is 287 g/mol. The van der Waals surface area contributed by atoms with Crippen LogP contribution in [0, 0.1) is 10.1 Å². The fourth-order valence-corrected chi connectivity index (χ4v) is 2.72. The maximum Gasteiger partial charge on any atom is 0.295 e. The van der Waals surface area contributed by atoms with E-state index in [9.17, 15) is 10.1 Å². The van der Waals surface area contributed by atoms with Gasteiger partial charge in [-0.25, -0.2) is 4.98 Å². The second kappa shape index (κ2) is 5.29. The minimum Gasteiger partial charge on any atom is -0.382 e. The molecule has 1 N–H and O–H groups in total. The van der Waals surface area contributed by atoms with Crippen molar-refractivity contribution in [2.45, 2.75) is 25.4 Å². The van der Waals surface area contributed by atoms with Crippen LogP contribution in [0.1, 0.15) is 19.8 Å². The third-order valence-electron chi connectivity index (χ3n) is 3.90. The molecule has 0 aliphatic carbocycles. The van der Waals surface area contributed by atoms with Gasteiger partial charge in [0.25, 0.3) is 5.69 Å². The quantitative estimate of drug-likeness (QED) is 0.690. The van der Waals surface area contributed by atoms with Gasteiger partial charge in [-0.2, -0.15) is 0 Å². The van der Waals surface area contributed by atoms with E-state index in [-0.39, 0.29) is 11.3 Å². The molecular weight excluding hydrogens is 270 g/mol. The second-order valence-electron chi connectivity index (χ2n) is 5.54. The van der Waals surface area contributed by atoms with Gasteiger partial charge in [0.1, 0.15) is 5.52 Å². The molecule has 0 saturated carbocycles. The zero-order valence-electron chi connectivity index (χ0n) is 11.8. The van der Waals surface area contributed by atoms with Crippen molar-refractivity contribution in [2.75, 3.05) is 18.5 Å². The molecule has 1 aromatic carbocycles. The lowest BCUT2D eigenvalue weighted by Crippen LogP contribution is -2.32. The minimum atomic E-state index is -0.402. The Morgan fingerprint density at radius 1 is 1.48 bits per heavy atom. The molecule has 0 amide bonds. The Balaban J connectivity index is 1.92. The van der Waals surface area contributed by atoms with E-state index in [4.69, 9.17) is 4.74 Å². The normalized spacial score (nSPS) is 21.6. The molecule has 3 rings (SSSR count). The van der Waals surface area contributed by atoms with Crippen molar-refractivity contribution < 1.29 is 9.66 Å². The third-order valence-corrected chi connectivity index (χ3v) is 3.90. The smallest absolute Gasteiger partial charge is 0.295 e. The molecule has 1 aromatic heterocycles. The van der Waals surface area contributed by atoms with Crippen LogP contribution < -0.4 is 5.32 Å². The number of nitrogens with zero attached hydrogens (tertiary/aromatic N) is 2. The molecular formula is C15H17N3O3. The van der Waals surface area contributed by atoms with Crippen molar-refractivity contribution >= 4 is 22.3 Å². The molecule has 2 heterocycles. The summed E-state index contributed by atoms with van der Waals surface area (Å²) in [6.45, 7) is 3.55. The van der Waals surface area contributed by atoms with E-state index in [2.05, 4.69) is 17.2 Å². The van der Waals surface area contributed by atoms with Gasteiger partial charge in [0.15, 0.2) is 0 Å². The van der Waals surface area contributed by atoms with E-state index in [0.29, 0.717) is 12.1 Å². The highest BCUT2D eigenvalue weighted by atomic mass is 16.6. The summed E-state index contributed by atoms with van der Waals surface area (Å²) in [5, 5.41) is 15.2. The molecule has 1 aliphatic heterocycles. The standard InChI is InChI=1S/C15H17N3O3/c1-15(7-3-9-21-15)10-17-12-6-8-16-14-11(12)4-2-5-13(14)18(19)20/h2,4-6,8H,3,7,9-10H2,1H3,(H,16,17). The molecule has 0 spiro atoms. The number of pyridine rings is 1. The van der Waals surface area contributed by atoms with Crippen LogP contribution in [0.15, 0.2) is 30.5 Å². The Morgan fingerprint density at radius 2 is 2.33 bits per heavy atom. The minimum absolute atomic E-state index is 0.0273. The van der Waals surface area contributed by atoms with Crippen molar-refractivity contribution in [1.82, 2.24) is 4.98 Å². The van der Waals surface area contributed by atoms with Crippen LogP contribution in [0.2, 0.25) is 0 Å². The molecule has 1 unspecified atom stereocenters. The largest absolute Gasteiger partial charge is 0.382 e. The first kappa shape index (κ1) is 13.8. The Morgan fingerprint density at radius 3 is 3.05 bits per heavy atom. The Hall–Kier alpha value is -2.21. The monoisotopic (exact) mass is 287 g/mol. The van der Waals surface area contributed by atoms with Gasteiger partial charge >= 0.3 is 0 Å². The summed E-state index contributed by atoms with van der Waals surface area (Å²) in [7, 11) is 0. The van der Waals surface area contributed by atoms with Gasteiger partial charge in [-0.15, -0.1) is 0 Å². The topological polar surface area (TPSA) is 77.3 Å². The first-order valence-corrected chi connectivity index (χ1v) is 6.99. The summed E-state index contributed by atoms with van der Waals surface area (Å²) in [5.74, 6) is 0. The maximum atomic E-state index is 11.1. The molecule has 21 heavy (non-hydrogen) atoms. The number of nitro groups is 1. The number of benzene rings is 1. The third kappa shape index (κ3) is 2.67. The van der Waals surface area contributed by atoms with Crippen LogP contribution in [0.25, 0.3) is 10.9 Å². The number of anilines is 1. The maximum absolute atomic E-state index is 11.1. The Labute approximate surface area is 122 Å². The Bertz CT molecular complexity index is 681. The summed E-state index contributed by atoms with van der Waals surface area (Å²) >= 11 is 0.